The number of aromatic nitrogens is 2. The van der Waals surface area contributed by atoms with E-state index in [9.17, 15) is 8.42 Å². The van der Waals surface area contributed by atoms with Crippen LogP contribution in [0.1, 0.15) is 19.8 Å². The van der Waals surface area contributed by atoms with Crippen LogP contribution in [0.2, 0.25) is 0 Å². The molecule has 2 aromatic heterocycles. The summed E-state index contributed by atoms with van der Waals surface area (Å²) in [5.41, 5.74) is 8.68. The summed E-state index contributed by atoms with van der Waals surface area (Å²) in [7, 11) is -3.13. The van der Waals surface area contributed by atoms with E-state index in [-0.39, 0.29) is 5.54 Å². The van der Waals surface area contributed by atoms with Gasteiger partial charge in [0.15, 0.2) is 0 Å². The summed E-state index contributed by atoms with van der Waals surface area (Å²) in [6.07, 6.45) is 6.00. The van der Waals surface area contributed by atoms with Crippen molar-refractivity contribution in [2.45, 2.75) is 25.3 Å². The highest BCUT2D eigenvalue weighted by atomic mass is 32.2. The first kappa shape index (κ1) is 15.9. The molecule has 0 radical (unpaired) electrons. The van der Waals surface area contributed by atoms with Gasteiger partial charge >= 0.3 is 0 Å². The van der Waals surface area contributed by atoms with Crippen molar-refractivity contribution in [2.24, 2.45) is 0 Å². The van der Waals surface area contributed by atoms with Gasteiger partial charge in [0.2, 0.25) is 10.0 Å². The Hall–Kier alpha value is -1.93. The van der Waals surface area contributed by atoms with Crippen LogP contribution in [0.5, 0.6) is 0 Å². The summed E-state index contributed by atoms with van der Waals surface area (Å²) in [6.45, 7) is 3.08. The Balaban J connectivity index is 1.87. The Bertz CT molecular complexity index is 829. The number of nitrogens with two attached hydrogens (primary N) is 1. The Kier molecular flexibility index (Phi) is 3.89. The maximum absolute atomic E-state index is 11.7. The summed E-state index contributed by atoms with van der Waals surface area (Å²) in [4.78, 5) is 8.67. The third-order valence-electron chi connectivity index (χ3n) is 4.38. The predicted octanol–water partition coefficient (Wildman–Crippen LogP) is 1.44. The summed E-state index contributed by atoms with van der Waals surface area (Å²) in [5, 5.41) is 3.49. The normalized spacial score (nSPS) is 18.9. The lowest BCUT2D eigenvalue weighted by Gasteiger charge is -2.39. The SMILES string of the molecule is CC1(Nc2c(N)cnc3cccnc23)CCN(S(C)(=O)=O)CC1. The van der Waals surface area contributed by atoms with Crippen LogP contribution in [0.25, 0.3) is 11.0 Å². The number of hydrogen-bond donors (Lipinski definition) is 2. The maximum atomic E-state index is 11.7. The van der Waals surface area contributed by atoms with E-state index in [1.165, 1.54) is 10.6 Å². The van der Waals surface area contributed by atoms with Crippen molar-refractivity contribution in [2.75, 3.05) is 30.4 Å². The molecule has 0 aliphatic carbocycles. The van der Waals surface area contributed by atoms with Crippen molar-refractivity contribution in [3.63, 3.8) is 0 Å². The van der Waals surface area contributed by atoms with Crippen molar-refractivity contribution in [3.8, 4) is 0 Å². The topological polar surface area (TPSA) is 101 Å². The number of nitrogens with zero attached hydrogens (tertiary/aromatic N) is 3. The first-order valence-electron chi connectivity index (χ1n) is 7.51. The highest BCUT2D eigenvalue weighted by molar-refractivity contribution is 7.88. The molecular formula is C15H21N5O2S. The number of rotatable bonds is 3. The van der Waals surface area contributed by atoms with Gasteiger partial charge in [0.1, 0.15) is 5.52 Å². The molecule has 0 amide bonds. The Morgan fingerprint density at radius 1 is 1.30 bits per heavy atom. The fourth-order valence-electron chi connectivity index (χ4n) is 2.90. The van der Waals surface area contributed by atoms with E-state index in [1.807, 2.05) is 12.1 Å². The van der Waals surface area contributed by atoms with Gasteiger partial charge in [0, 0.05) is 24.8 Å². The molecule has 0 aromatic carbocycles. The molecule has 3 rings (SSSR count). The van der Waals surface area contributed by atoms with Gasteiger partial charge in [0.05, 0.1) is 29.3 Å². The first-order chi connectivity index (χ1) is 10.8. The molecule has 0 unspecified atom stereocenters. The highest BCUT2D eigenvalue weighted by Gasteiger charge is 2.34. The zero-order valence-corrected chi connectivity index (χ0v) is 14.1. The molecule has 1 aliphatic rings. The van der Waals surface area contributed by atoms with Crippen LogP contribution in [-0.4, -0.2) is 47.6 Å². The Morgan fingerprint density at radius 2 is 2.00 bits per heavy atom. The predicted molar refractivity (Wildman–Crippen MR) is 91.6 cm³/mol. The zero-order valence-electron chi connectivity index (χ0n) is 13.3. The van der Waals surface area contributed by atoms with Crippen molar-refractivity contribution < 1.29 is 8.42 Å². The third-order valence-corrected chi connectivity index (χ3v) is 5.68. The summed E-state index contributed by atoms with van der Waals surface area (Å²) < 4.78 is 24.8. The van der Waals surface area contributed by atoms with Gasteiger partial charge in [-0.25, -0.2) is 12.7 Å². The lowest BCUT2D eigenvalue weighted by atomic mass is 9.90. The number of sulfonamides is 1. The molecule has 7 nitrogen and oxygen atoms in total. The third kappa shape index (κ3) is 3.23. The van der Waals surface area contributed by atoms with Crippen LogP contribution in [0, 0.1) is 0 Å². The largest absolute Gasteiger partial charge is 0.396 e. The number of pyridine rings is 2. The second-order valence-corrected chi connectivity index (χ2v) is 8.29. The van der Waals surface area contributed by atoms with Crippen LogP contribution in [-0.2, 0) is 10.0 Å². The minimum Gasteiger partial charge on any atom is -0.396 e. The average molecular weight is 335 g/mol. The van der Waals surface area contributed by atoms with E-state index in [0.29, 0.717) is 31.6 Å². The number of anilines is 2. The molecule has 8 heteroatoms. The van der Waals surface area contributed by atoms with Crippen molar-refractivity contribution >= 4 is 32.4 Å². The molecule has 1 fully saturated rings. The van der Waals surface area contributed by atoms with E-state index in [0.717, 1.165) is 16.7 Å². The molecule has 2 aromatic rings. The lowest BCUT2D eigenvalue weighted by molar-refractivity contribution is 0.270. The number of nitrogen functional groups attached to an aromatic ring is 1. The van der Waals surface area contributed by atoms with Gasteiger partial charge in [-0.3, -0.25) is 9.97 Å². The van der Waals surface area contributed by atoms with Gasteiger partial charge in [-0.05, 0) is 31.9 Å². The number of nitrogens with one attached hydrogen (secondary N) is 1. The fraction of sp³-hybridized carbons (Fsp3) is 0.467. The van der Waals surface area contributed by atoms with E-state index in [2.05, 4.69) is 22.2 Å². The van der Waals surface area contributed by atoms with Crippen LogP contribution >= 0.6 is 0 Å². The molecule has 1 aliphatic heterocycles. The smallest absolute Gasteiger partial charge is 0.211 e. The molecule has 3 heterocycles. The molecule has 0 saturated carbocycles. The molecule has 0 spiro atoms. The molecular weight excluding hydrogens is 314 g/mol. The van der Waals surface area contributed by atoms with E-state index in [4.69, 9.17) is 5.73 Å². The highest BCUT2D eigenvalue weighted by Crippen LogP contribution is 2.33. The van der Waals surface area contributed by atoms with Gasteiger partial charge in [-0.15, -0.1) is 0 Å². The molecule has 3 N–H and O–H groups in total. The first-order valence-corrected chi connectivity index (χ1v) is 9.36. The van der Waals surface area contributed by atoms with Gasteiger partial charge in [-0.1, -0.05) is 0 Å². The van der Waals surface area contributed by atoms with Crippen molar-refractivity contribution in [3.05, 3.63) is 24.5 Å². The minimum atomic E-state index is -3.13. The van der Waals surface area contributed by atoms with Crippen molar-refractivity contribution in [1.29, 1.82) is 0 Å². The molecule has 124 valence electrons. The number of hydrogen-bond acceptors (Lipinski definition) is 6. The summed E-state index contributed by atoms with van der Waals surface area (Å²) >= 11 is 0. The monoisotopic (exact) mass is 335 g/mol. The average Bonchev–Trinajstić information content (AvgIpc) is 2.50. The molecule has 1 saturated heterocycles. The molecule has 0 bridgehead atoms. The molecule has 0 atom stereocenters. The zero-order chi connectivity index (χ0) is 16.7. The quantitative estimate of drug-likeness (QED) is 0.880. The van der Waals surface area contributed by atoms with E-state index >= 15 is 0 Å². The fourth-order valence-corrected chi connectivity index (χ4v) is 3.75. The Morgan fingerprint density at radius 3 is 2.65 bits per heavy atom. The van der Waals surface area contributed by atoms with Crippen LogP contribution < -0.4 is 11.1 Å². The Labute approximate surface area is 136 Å². The number of fused-ring (bicyclic) bond motifs is 1. The van der Waals surface area contributed by atoms with Gasteiger partial charge < -0.3 is 11.1 Å². The lowest BCUT2D eigenvalue weighted by Crippen LogP contribution is -2.48. The second kappa shape index (κ2) is 5.61. The second-order valence-electron chi connectivity index (χ2n) is 6.31. The molecule has 23 heavy (non-hydrogen) atoms. The van der Waals surface area contributed by atoms with Crippen LogP contribution in [0.15, 0.2) is 24.5 Å². The standard InChI is InChI=1S/C15H21N5O2S/c1-15(5-8-20(9-6-15)23(2,21)22)19-13-11(16)10-18-12-4-3-7-17-14(12)13/h3-4,7,10H,5-6,8-9,16H2,1-2H3,(H,18,19). The van der Waals surface area contributed by atoms with Crippen molar-refractivity contribution in [1.82, 2.24) is 14.3 Å². The van der Waals surface area contributed by atoms with Crippen LogP contribution in [0.4, 0.5) is 11.4 Å². The minimum absolute atomic E-state index is 0.235. The summed E-state index contributed by atoms with van der Waals surface area (Å²) in [6, 6.07) is 3.73. The van der Waals surface area contributed by atoms with E-state index in [1.54, 1.807) is 12.4 Å². The van der Waals surface area contributed by atoms with Crippen LogP contribution in [0.3, 0.4) is 0 Å². The van der Waals surface area contributed by atoms with Gasteiger partial charge in [-0.2, -0.15) is 0 Å². The summed E-state index contributed by atoms with van der Waals surface area (Å²) in [5.74, 6) is 0. The number of piperidine rings is 1. The maximum Gasteiger partial charge on any atom is 0.211 e. The van der Waals surface area contributed by atoms with Gasteiger partial charge in [0.25, 0.3) is 0 Å². The van der Waals surface area contributed by atoms with E-state index < -0.39 is 10.0 Å².